The van der Waals surface area contributed by atoms with Gasteiger partial charge < -0.3 is 4.74 Å². The van der Waals surface area contributed by atoms with E-state index in [2.05, 4.69) is 18.6 Å². The largest absolute Gasteiger partial charge is 0.385 e. The lowest BCUT2D eigenvalue weighted by atomic mass is 10.2. The molecule has 1 aliphatic carbocycles. The van der Waals surface area contributed by atoms with E-state index in [4.69, 9.17) is 4.74 Å². The van der Waals surface area contributed by atoms with Gasteiger partial charge in [0.25, 0.3) is 0 Å². The van der Waals surface area contributed by atoms with Gasteiger partial charge in [0.2, 0.25) is 0 Å². The van der Waals surface area contributed by atoms with Gasteiger partial charge in [0, 0.05) is 13.7 Å². The first-order chi connectivity index (χ1) is 5.43. The van der Waals surface area contributed by atoms with E-state index in [0.717, 1.165) is 18.9 Å². The molecule has 63 valence electrons. The minimum atomic E-state index is 0.889. The summed E-state index contributed by atoms with van der Waals surface area (Å²) in [5, 5.41) is 0. The Morgan fingerprint density at radius 2 is 2.36 bits per heavy atom. The quantitative estimate of drug-likeness (QED) is 0.421. The number of allylic oxidation sites excluding steroid dienone is 2. The summed E-state index contributed by atoms with van der Waals surface area (Å²) < 4.78 is 4.94. The van der Waals surface area contributed by atoms with Crippen molar-refractivity contribution in [2.45, 2.75) is 25.7 Å². The molecule has 0 spiro atoms. The fraction of sp³-hybridized carbons (Fsp3) is 0.700. The summed E-state index contributed by atoms with van der Waals surface area (Å²) >= 11 is 0. The summed E-state index contributed by atoms with van der Waals surface area (Å²) in [6, 6.07) is 0. The van der Waals surface area contributed by atoms with E-state index in [1.54, 1.807) is 7.11 Å². The first kappa shape index (κ1) is 8.79. The van der Waals surface area contributed by atoms with Crippen LogP contribution in [0.1, 0.15) is 25.7 Å². The zero-order chi connectivity index (χ0) is 7.94. The lowest BCUT2D eigenvalue weighted by molar-refractivity contribution is 0.196. The van der Waals surface area contributed by atoms with Gasteiger partial charge in [-0.25, -0.2) is 0 Å². The molecule has 1 fully saturated rings. The van der Waals surface area contributed by atoms with Crippen LogP contribution in [0.15, 0.2) is 12.2 Å². The molecule has 1 saturated carbocycles. The second-order valence-corrected chi connectivity index (χ2v) is 3.07. The maximum atomic E-state index is 4.94. The Balaban J connectivity index is 1.80. The van der Waals surface area contributed by atoms with Crippen LogP contribution in [0.25, 0.3) is 0 Å². The number of unbranched alkanes of at least 4 members (excludes halogenated alkanes) is 1. The van der Waals surface area contributed by atoms with Crippen LogP contribution >= 0.6 is 0 Å². The van der Waals surface area contributed by atoms with E-state index >= 15 is 0 Å². The fourth-order valence-corrected chi connectivity index (χ4v) is 1.02. The van der Waals surface area contributed by atoms with Gasteiger partial charge in [0.05, 0.1) is 0 Å². The SMILES string of the molecule is COCCCC=CCC1[CH]C1. The lowest BCUT2D eigenvalue weighted by Gasteiger charge is -1.92. The van der Waals surface area contributed by atoms with Crippen molar-refractivity contribution in [2.24, 2.45) is 5.92 Å². The Kier molecular flexibility index (Phi) is 4.29. The van der Waals surface area contributed by atoms with E-state index in [1.165, 1.54) is 19.3 Å². The minimum Gasteiger partial charge on any atom is -0.385 e. The zero-order valence-corrected chi connectivity index (χ0v) is 7.25. The van der Waals surface area contributed by atoms with Crippen LogP contribution in [0.3, 0.4) is 0 Å². The minimum absolute atomic E-state index is 0.889. The second-order valence-electron chi connectivity index (χ2n) is 3.07. The summed E-state index contributed by atoms with van der Waals surface area (Å²) in [4.78, 5) is 0. The number of hydrogen-bond donors (Lipinski definition) is 0. The maximum Gasteiger partial charge on any atom is 0.0465 e. The summed E-state index contributed by atoms with van der Waals surface area (Å²) in [7, 11) is 1.75. The molecular weight excluding hydrogens is 136 g/mol. The molecule has 0 N–H and O–H groups in total. The summed E-state index contributed by atoms with van der Waals surface area (Å²) in [5.74, 6) is 0.911. The van der Waals surface area contributed by atoms with Crippen LogP contribution in [0.5, 0.6) is 0 Å². The predicted molar refractivity (Wildman–Crippen MR) is 47.3 cm³/mol. The van der Waals surface area contributed by atoms with E-state index in [1.807, 2.05) is 0 Å². The third-order valence-electron chi connectivity index (χ3n) is 1.89. The van der Waals surface area contributed by atoms with Gasteiger partial charge in [-0.05, 0) is 38.0 Å². The van der Waals surface area contributed by atoms with Crippen LogP contribution < -0.4 is 0 Å². The van der Waals surface area contributed by atoms with Crippen molar-refractivity contribution >= 4 is 0 Å². The maximum absolute atomic E-state index is 4.94. The van der Waals surface area contributed by atoms with Gasteiger partial charge >= 0.3 is 0 Å². The topological polar surface area (TPSA) is 9.23 Å². The molecule has 0 saturated heterocycles. The predicted octanol–water partition coefficient (Wildman–Crippen LogP) is 2.58. The standard InChI is InChI=1S/C10H17O/c1-11-9-5-3-2-4-6-10-7-8-10/h2,4,7,10H,3,5-6,8-9H2,1H3. The molecule has 0 bridgehead atoms. The average molecular weight is 153 g/mol. The highest BCUT2D eigenvalue weighted by atomic mass is 16.5. The zero-order valence-electron chi connectivity index (χ0n) is 7.25. The summed E-state index contributed by atoms with van der Waals surface area (Å²) in [6.07, 6.45) is 11.8. The Hall–Kier alpha value is -0.300. The van der Waals surface area contributed by atoms with Crippen molar-refractivity contribution in [2.75, 3.05) is 13.7 Å². The van der Waals surface area contributed by atoms with Crippen molar-refractivity contribution in [1.29, 1.82) is 0 Å². The molecule has 1 unspecified atom stereocenters. The molecule has 0 aliphatic heterocycles. The summed E-state index contributed by atoms with van der Waals surface area (Å²) in [6.45, 7) is 0.889. The van der Waals surface area contributed by atoms with Gasteiger partial charge in [0.15, 0.2) is 0 Å². The first-order valence-corrected chi connectivity index (χ1v) is 4.40. The highest BCUT2D eigenvalue weighted by Crippen LogP contribution is 2.31. The monoisotopic (exact) mass is 153 g/mol. The van der Waals surface area contributed by atoms with E-state index in [0.29, 0.717) is 0 Å². The van der Waals surface area contributed by atoms with Crippen LogP contribution in [-0.4, -0.2) is 13.7 Å². The normalized spacial score (nSPS) is 17.9. The van der Waals surface area contributed by atoms with Crippen molar-refractivity contribution < 1.29 is 4.74 Å². The number of hydrogen-bond acceptors (Lipinski definition) is 1. The third kappa shape index (κ3) is 5.02. The lowest BCUT2D eigenvalue weighted by Crippen LogP contribution is -1.85. The molecule has 1 rings (SSSR count). The molecule has 0 heterocycles. The number of rotatable bonds is 6. The molecule has 11 heavy (non-hydrogen) atoms. The molecule has 0 aromatic carbocycles. The molecule has 1 nitrogen and oxygen atoms in total. The van der Waals surface area contributed by atoms with Crippen LogP contribution in [0.2, 0.25) is 0 Å². The second kappa shape index (κ2) is 5.36. The Labute approximate surface area is 69.4 Å². The fourth-order valence-electron chi connectivity index (χ4n) is 1.02. The van der Waals surface area contributed by atoms with Crippen molar-refractivity contribution in [3.63, 3.8) is 0 Å². The average Bonchev–Trinajstić information content (AvgIpc) is 2.80. The highest BCUT2D eigenvalue weighted by molar-refractivity contribution is 4.99. The van der Waals surface area contributed by atoms with Crippen LogP contribution in [-0.2, 0) is 4.74 Å². The summed E-state index contributed by atoms with van der Waals surface area (Å²) in [5.41, 5.74) is 0. The molecular formula is C10H17O. The Morgan fingerprint density at radius 1 is 1.55 bits per heavy atom. The van der Waals surface area contributed by atoms with E-state index < -0.39 is 0 Å². The van der Waals surface area contributed by atoms with Crippen LogP contribution in [0, 0.1) is 12.3 Å². The number of methoxy groups -OCH3 is 1. The molecule has 1 radical (unpaired) electrons. The molecule has 0 aromatic heterocycles. The highest BCUT2D eigenvalue weighted by Gasteiger charge is 2.19. The van der Waals surface area contributed by atoms with Gasteiger partial charge in [-0.15, -0.1) is 0 Å². The van der Waals surface area contributed by atoms with Crippen LogP contribution in [0.4, 0.5) is 0 Å². The first-order valence-electron chi connectivity index (χ1n) is 4.40. The Morgan fingerprint density at radius 3 is 3.00 bits per heavy atom. The van der Waals surface area contributed by atoms with Crippen molar-refractivity contribution in [3.05, 3.63) is 18.6 Å². The molecule has 1 heteroatoms. The molecule has 1 aliphatic rings. The third-order valence-corrected chi connectivity index (χ3v) is 1.89. The molecule has 0 amide bonds. The molecule has 1 atom stereocenters. The number of ether oxygens (including phenoxy) is 1. The van der Waals surface area contributed by atoms with Gasteiger partial charge in [0.1, 0.15) is 0 Å². The smallest absolute Gasteiger partial charge is 0.0465 e. The van der Waals surface area contributed by atoms with Gasteiger partial charge in [-0.2, -0.15) is 0 Å². The van der Waals surface area contributed by atoms with E-state index in [9.17, 15) is 0 Å². The van der Waals surface area contributed by atoms with Crippen molar-refractivity contribution in [3.8, 4) is 0 Å². The van der Waals surface area contributed by atoms with E-state index in [-0.39, 0.29) is 0 Å². The van der Waals surface area contributed by atoms with Crippen molar-refractivity contribution in [1.82, 2.24) is 0 Å². The van der Waals surface area contributed by atoms with Gasteiger partial charge in [-0.3, -0.25) is 0 Å². The Bertz CT molecular complexity index is 114. The van der Waals surface area contributed by atoms with Gasteiger partial charge in [-0.1, -0.05) is 12.2 Å². The molecule has 0 aromatic rings.